The molecule has 0 aliphatic rings. The summed E-state index contributed by atoms with van der Waals surface area (Å²) in [6.45, 7) is 0.601. The Balaban J connectivity index is 1.74. The maximum Gasteiger partial charge on any atom is 0.203 e. The fraction of sp³-hybridized carbons (Fsp3) is 0.200. The summed E-state index contributed by atoms with van der Waals surface area (Å²) in [6.07, 6.45) is 1.69. The maximum absolute atomic E-state index is 10.3. The molecule has 0 spiro atoms. The number of ether oxygens (including phenoxy) is 1. The lowest BCUT2D eigenvalue weighted by molar-refractivity contribution is 0.354. The first-order valence-electron chi connectivity index (χ1n) is 8.41. The second-order valence-electron chi connectivity index (χ2n) is 6.24. The lowest BCUT2D eigenvalue weighted by Crippen LogP contribution is -2.11. The van der Waals surface area contributed by atoms with Crippen molar-refractivity contribution in [1.29, 1.82) is 0 Å². The summed E-state index contributed by atoms with van der Waals surface area (Å²) in [6, 6.07) is 13.6. The number of aromatic nitrogens is 1. The molecule has 0 saturated carbocycles. The Morgan fingerprint density at radius 3 is 2.74 bits per heavy atom. The Kier molecular flexibility index (Phi) is 6.05. The first kappa shape index (κ1) is 18.9. The van der Waals surface area contributed by atoms with Gasteiger partial charge in [0.1, 0.15) is 0 Å². The second kappa shape index (κ2) is 8.66. The van der Waals surface area contributed by atoms with Crippen LogP contribution in [0.2, 0.25) is 0 Å². The number of hydrogen-bond donors (Lipinski definition) is 2. The van der Waals surface area contributed by atoms with E-state index in [9.17, 15) is 5.11 Å². The number of rotatable bonds is 7. The first-order valence-corrected chi connectivity index (χ1v) is 9.29. The number of phenols is 1. The highest BCUT2D eigenvalue weighted by Crippen LogP contribution is 2.31. The van der Waals surface area contributed by atoms with Gasteiger partial charge in [-0.3, -0.25) is 5.43 Å². The van der Waals surface area contributed by atoms with Crippen LogP contribution in [0.25, 0.3) is 11.3 Å². The van der Waals surface area contributed by atoms with E-state index in [0.717, 1.165) is 22.4 Å². The van der Waals surface area contributed by atoms with E-state index in [1.807, 2.05) is 60.8 Å². The molecule has 140 valence electrons. The van der Waals surface area contributed by atoms with Crippen molar-refractivity contribution in [1.82, 2.24) is 9.88 Å². The molecule has 0 fully saturated rings. The standard InChI is InChI=1S/C20H22N4O2S/c1-24(2)12-16-9-14(10-18(26-3)19(16)25)11-21-23-20-22-17(13-27-20)15-7-5-4-6-8-15/h4-11,13,25H,12H2,1-3H3,(H,22,23). The summed E-state index contributed by atoms with van der Waals surface area (Å²) < 4.78 is 5.26. The number of benzene rings is 2. The Morgan fingerprint density at radius 1 is 1.26 bits per heavy atom. The molecule has 0 bridgehead atoms. The molecule has 0 amide bonds. The lowest BCUT2D eigenvalue weighted by Gasteiger charge is -2.14. The van der Waals surface area contributed by atoms with Gasteiger partial charge in [-0.15, -0.1) is 11.3 Å². The molecule has 1 aromatic heterocycles. The maximum atomic E-state index is 10.3. The molecule has 0 unspecified atom stereocenters. The Morgan fingerprint density at radius 2 is 2.04 bits per heavy atom. The van der Waals surface area contributed by atoms with Crippen LogP contribution in [-0.2, 0) is 6.54 Å². The van der Waals surface area contributed by atoms with E-state index in [0.29, 0.717) is 17.4 Å². The molecular weight excluding hydrogens is 360 g/mol. The predicted molar refractivity (Wildman–Crippen MR) is 111 cm³/mol. The number of nitrogens with one attached hydrogen (secondary N) is 1. The summed E-state index contributed by atoms with van der Waals surface area (Å²) in [5, 5.41) is 17.2. The van der Waals surface area contributed by atoms with Gasteiger partial charge in [0.15, 0.2) is 11.5 Å². The SMILES string of the molecule is COc1cc(C=NNc2nc(-c3ccccc3)cs2)cc(CN(C)C)c1O. The summed E-state index contributed by atoms with van der Waals surface area (Å²) in [7, 11) is 5.43. The van der Waals surface area contributed by atoms with E-state index in [2.05, 4.69) is 15.5 Å². The highest BCUT2D eigenvalue weighted by atomic mass is 32.1. The van der Waals surface area contributed by atoms with E-state index in [1.165, 1.54) is 18.4 Å². The topological polar surface area (TPSA) is 70.0 Å². The van der Waals surface area contributed by atoms with Crippen molar-refractivity contribution in [3.63, 3.8) is 0 Å². The number of phenolic OH excluding ortho intramolecular Hbond substituents is 1. The minimum Gasteiger partial charge on any atom is -0.504 e. The molecule has 7 heteroatoms. The molecule has 3 aromatic rings. The van der Waals surface area contributed by atoms with Gasteiger partial charge < -0.3 is 14.7 Å². The zero-order valence-electron chi connectivity index (χ0n) is 15.5. The van der Waals surface area contributed by atoms with Crippen LogP contribution >= 0.6 is 11.3 Å². The van der Waals surface area contributed by atoms with E-state index in [4.69, 9.17) is 4.74 Å². The number of hydrogen-bond acceptors (Lipinski definition) is 7. The van der Waals surface area contributed by atoms with E-state index >= 15 is 0 Å². The zero-order valence-corrected chi connectivity index (χ0v) is 16.3. The van der Waals surface area contributed by atoms with Crippen LogP contribution in [0.5, 0.6) is 11.5 Å². The summed E-state index contributed by atoms with van der Waals surface area (Å²) >= 11 is 1.49. The van der Waals surface area contributed by atoms with Crippen molar-refractivity contribution in [2.75, 3.05) is 26.6 Å². The van der Waals surface area contributed by atoms with E-state index < -0.39 is 0 Å². The molecule has 3 rings (SSSR count). The van der Waals surface area contributed by atoms with Crippen molar-refractivity contribution < 1.29 is 9.84 Å². The Labute approximate surface area is 162 Å². The van der Waals surface area contributed by atoms with Crippen LogP contribution in [0.1, 0.15) is 11.1 Å². The highest BCUT2D eigenvalue weighted by molar-refractivity contribution is 7.14. The van der Waals surface area contributed by atoms with Crippen LogP contribution in [0.4, 0.5) is 5.13 Å². The van der Waals surface area contributed by atoms with E-state index in [-0.39, 0.29) is 5.75 Å². The zero-order chi connectivity index (χ0) is 19.2. The summed E-state index contributed by atoms with van der Waals surface area (Å²) in [5.74, 6) is 0.583. The third-order valence-corrected chi connectivity index (χ3v) is 4.58. The van der Waals surface area contributed by atoms with Gasteiger partial charge in [0.05, 0.1) is 19.0 Å². The predicted octanol–water partition coefficient (Wildman–Crippen LogP) is 4.03. The fourth-order valence-electron chi connectivity index (χ4n) is 2.61. The molecule has 2 aromatic carbocycles. The summed E-state index contributed by atoms with van der Waals surface area (Å²) in [5.41, 5.74) is 6.55. The van der Waals surface area contributed by atoms with Crippen LogP contribution < -0.4 is 10.2 Å². The molecule has 27 heavy (non-hydrogen) atoms. The van der Waals surface area contributed by atoms with Gasteiger partial charge in [-0.2, -0.15) is 5.10 Å². The van der Waals surface area contributed by atoms with Gasteiger partial charge in [-0.1, -0.05) is 30.3 Å². The van der Waals surface area contributed by atoms with Crippen LogP contribution in [0, 0.1) is 0 Å². The first-order chi connectivity index (χ1) is 13.1. The third kappa shape index (κ3) is 4.84. The number of hydrazone groups is 1. The molecule has 6 nitrogen and oxygen atoms in total. The highest BCUT2D eigenvalue weighted by Gasteiger charge is 2.11. The van der Waals surface area contributed by atoms with Crippen LogP contribution in [0.3, 0.4) is 0 Å². The number of methoxy groups -OCH3 is 1. The molecule has 0 radical (unpaired) electrons. The smallest absolute Gasteiger partial charge is 0.203 e. The minimum absolute atomic E-state index is 0.156. The molecule has 0 saturated heterocycles. The normalized spacial score (nSPS) is 11.3. The monoisotopic (exact) mass is 382 g/mol. The van der Waals surface area contributed by atoms with Crippen molar-refractivity contribution in [2.45, 2.75) is 6.54 Å². The molecular formula is C20H22N4O2S. The molecule has 0 atom stereocenters. The number of aromatic hydroxyl groups is 1. The molecule has 0 aliphatic heterocycles. The van der Waals surface area contributed by atoms with Gasteiger partial charge in [0.2, 0.25) is 5.13 Å². The van der Waals surface area contributed by atoms with Crippen LogP contribution in [0.15, 0.2) is 52.9 Å². The van der Waals surface area contributed by atoms with Crippen molar-refractivity contribution in [3.8, 4) is 22.8 Å². The van der Waals surface area contributed by atoms with Gasteiger partial charge in [-0.25, -0.2) is 4.98 Å². The molecule has 2 N–H and O–H groups in total. The van der Waals surface area contributed by atoms with Crippen LogP contribution in [-0.4, -0.2) is 42.4 Å². The average molecular weight is 382 g/mol. The van der Waals surface area contributed by atoms with Crippen molar-refractivity contribution in [3.05, 3.63) is 59.0 Å². The third-order valence-electron chi connectivity index (χ3n) is 3.83. The number of anilines is 1. The summed E-state index contributed by atoms with van der Waals surface area (Å²) in [4.78, 5) is 6.52. The van der Waals surface area contributed by atoms with Gasteiger partial charge in [0.25, 0.3) is 0 Å². The van der Waals surface area contributed by atoms with Gasteiger partial charge in [-0.05, 0) is 31.8 Å². The van der Waals surface area contributed by atoms with Gasteiger partial charge in [0, 0.05) is 23.1 Å². The quantitative estimate of drug-likeness (QED) is 0.477. The largest absolute Gasteiger partial charge is 0.504 e. The Hall–Kier alpha value is -2.90. The second-order valence-corrected chi connectivity index (χ2v) is 7.10. The molecule has 1 heterocycles. The lowest BCUT2D eigenvalue weighted by atomic mass is 10.1. The van der Waals surface area contributed by atoms with E-state index in [1.54, 1.807) is 12.3 Å². The van der Waals surface area contributed by atoms with Crippen molar-refractivity contribution >= 4 is 22.7 Å². The fourth-order valence-corrected chi connectivity index (χ4v) is 3.28. The number of thiazole rings is 1. The number of nitrogens with zero attached hydrogens (tertiary/aromatic N) is 3. The van der Waals surface area contributed by atoms with Crippen molar-refractivity contribution in [2.24, 2.45) is 5.10 Å². The Bertz CT molecular complexity index is 923. The van der Waals surface area contributed by atoms with Gasteiger partial charge >= 0.3 is 0 Å². The minimum atomic E-state index is 0.156. The molecule has 0 aliphatic carbocycles. The average Bonchev–Trinajstić information content (AvgIpc) is 3.13.